The van der Waals surface area contributed by atoms with Crippen molar-refractivity contribution in [2.45, 2.75) is 30.7 Å². The van der Waals surface area contributed by atoms with Crippen LogP contribution in [0, 0.1) is 5.82 Å². The molecule has 0 amide bonds. The summed E-state index contributed by atoms with van der Waals surface area (Å²) in [6.45, 7) is 4.31. The number of rotatable bonds is 6. The number of benzene rings is 2. The number of thioether (sulfide) groups is 1. The Bertz CT molecular complexity index is 1120. The predicted molar refractivity (Wildman–Crippen MR) is 110 cm³/mol. The molecule has 0 aliphatic rings. The first-order valence-electron chi connectivity index (χ1n) is 9.23. The van der Waals surface area contributed by atoms with Gasteiger partial charge in [0.25, 0.3) is 0 Å². The average molecular weight is 409 g/mol. The molecule has 0 saturated heterocycles. The van der Waals surface area contributed by atoms with Gasteiger partial charge in [-0.1, -0.05) is 67.2 Å². The molecule has 2 aromatic carbocycles. The van der Waals surface area contributed by atoms with E-state index in [0.29, 0.717) is 39.9 Å². The summed E-state index contributed by atoms with van der Waals surface area (Å²) in [5.41, 5.74) is 2.59. The fraction of sp³-hybridized carbons (Fsp3) is 0.238. The molecule has 0 spiro atoms. The number of aromatic nitrogens is 5. The quantitative estimate of drug-likeness (QED) is 0.413. The van der Waals surface area contributed by atoms with Crippen LogP contribution in [0.25, 0.3) is 22.8 Å². The molecule has 8 heteroatoms. The highest BCUT2D eigenvalue weighted by Crippen LogP contribution is 2.27. The monoisotopic (exact) mass is 409 g/mol. The van der Waals surface area contributed by atoms with Gasteiger partial charge in [0.2, 0.25) is 11.7 Å². The first-order valence-corrected chi connectivity index (χ1v) is 10.2. The zero-order valence-corrected chi connectivity index (χ0v) is 17.2. The number of hydrogen-bond donors (Lipinski definition) is 0. The van der Waals surface area contributed by atoms with E-state index in [2.05, 4.69) is 46.3 Å². The Morgan fingerprint density at radius 1 is 1.07 bits per heavy atom. The van der Waals surface area contributed by atoms with Gasteiger partial charge in [-0.15, -0.1) is 10.2 Å². The van der Waals surface area contributed by atoms with E-state index in [0.717, 1.165) is 5.56 Å². The maximum Gasteiger partial charge on any atom is 0.237 e. The van der Waals surface area contributed by atoms with Gasteiger partial charge in [-0.05, 0) is 23.6 Å². The van der Waals surface area contributed by atoms with Gasteiger partial charge in [0.15, 0.2) is 11.0 Å². The lowest BCUT2D eigenvalue weighted by Crippen LogP contribution is -1.96. The first-order chi connectivity index (χ1) is 14.0. The van der Waals surface area contributed by atoms with E-state index in [1.54, 1.807) is 29.8 Å². The van der Waals surface area contributed by atoms with Crippen LogP contribution in [-0.4, -0.2) is 24.9 Å². The topological polar surface area (TPSA) is 69.6 Å². The molecule has 148 valence electrons. The standard InChI is InChI=1S/C21H20FN5OS/c1-13(2)14-8-10-15(11-9-14)19-23-18(28-26-19)12-29-21-25-24-20(27(21)3)16-6-4-5-7-17(16)22/h4-11,13H,12H2,1-3H3. The minimum Gasteiger partial charge on any atom is -0.338 e. The molecule has 4 rings (SSSR count). The molecule has 0 N–H and O–H groups in total. The summed E-state index contributed by atoms with van der Waals surface area (Å²) in [5.74, 6) is 2.11. The summed E-state index contributed by atoms with van der Waals surface area (Å²) in [7, 11) is 1.81. The van der Waals surface area contributed by atoms with Crippen molar-refractivity contribution in [2.75, 3.05) is 0 Å². The maximum absolute atomic E-state index is 14.0. The Kier molecular flexibility index (Phi) is 5.44. The Morgan fingerprint density at radius 2 is 1.83 bits per heavy atom. The van der Waals surface area contributed by atoms with Crippen LogP contribution in [0.15, 0.2) is 58.2 Å². The van der Waals surface area contributed by atoms with Gasteiger partial charge in [0.05, 0.1) is 11.3 Å². The molecule has 0 atom stereocenters. The highest BCUT2D eigenvalue weighted by Gasteiger charge is 2.16. The van der Waals surface area contributed by atoms with Crippen LogP contribution in [0.5, 0.6) is 0 Å². The molecule has 0 saturated carbocycles. The summed E-state index contributed by atoms with van der Waals surface area (Å²) in [5, 5.41) is 13.0. The van der Waals surface area contributed by atoms with Gasteiger partial charge in [-0.25, -0.2) is 4.39 Å². The molecule has 0 fully saturated rings. The third kappa shape index (κ3) is 4.07. The lowest BCUT2D eigenvalue weighted by atomic mass is 10.0. The van der Waals surface area contributed by atoms with Crippen LogP contribution in [0.4, 0.5) is 4.39 Å². The van der Waals surface area contributed by atoms with E-state index >= 15 is 0 Å². The lowest BCUT2D eigenvalue weighted by Gasteiger charge is -2.04. The second-order valence-electron chi connectivity index (χ2n) is 6.92. The zero-order valence-electron chi connectivity index (χ0n) is 16.3. The molecule has 0 aliphatic carbocycles. The SMILES string of the molecule is CC(C)c1ccc(-c2noc(CSc3nnc(-c4ccccc4F)n3C)n2)cc1. The van der Waals surface area contributed by atoms with Crippen LogP contribution in [-0.2, 0) is 12.8 Å². The summed E-state index contributed by atoms with van der Waals surface area (Å²) in [6.07, 6.45) is 0. The minimum atomic E-state index is -0.329. The van der Waals surface area contributed by atoms with Gasteiger partial charge in [0.1, 0.15) is 5.82 Å². The fourth-order valence-electron chi connectivity index (χ4n) is 2.89. The largest absolute Gasteiger partial charge is 0.338 e. The van der Waals surface area contributed by atoms with Gasteiger partial charge in [-0.3, -0.25) is 0 Å². The minimum absolute atomic E-state index is 0.329. The van der Waals surface area contributed by atoms with Crippen LogP contribution >= 0.6 is 11.8 Å². The van der Waals surface area contributed by atoms with E-state index in [4.69, 9.17) is 4.52 Å². The van der Waals surface area contributed by atoms with E-state index in [1.807, 2.05) is 12.1 Å². The van der Waals surface area contributed by atoms with E-state index in [9.17, 15) is 4.39 Å². The molecule has 6 nitrogen and oxygen atoms in total. The van der Waals surface area contributed by atoms with Crippen molar-refractivity contribution >= 4 is 11.8 Å². The molecular weight excluding hydrogens is 389 g/mol. The molecule has 4 aromatic rings. The molecule has 2 heterocycles. The van der Waals surface area contributed by atoms with Crippen LogP contribution in [0.1, 0.15) is 31.2 Å². The van der Waals surface area contributed by atoms with E-state index in [1.165, 1.54) is 23.4 Å². The fourth-order valence-corrected chi connectivity index (χ4v) is 3.64. The van der Waals surface area contributed by atoms with Gasteiger partial charge in [0, 0.05) is 12.6 Å². The van der Waals surface area contributed by atoms with E-state index < -0.39 is 0 Å². The van der Waals surface area contributed by atoms with Crippen molar-refractivity contribution in [1.82, 2.24) is 24.9 Å². The number of halogens is 1. The van der Waals surface area contributed by atoms with Crippen molar-refractivity contribution in [3.8, 4) is 22.8 Å². The number of nitrogens with zero attached hydrogens (tertiary/aromatic N) is 5. The van der Waals surface area contributed by atoms with E-state index in [-0.39, 0.29) is 5.82 Å². The summed E-state index contributed by atoms with van der Waals surface area (Å²) < 4.78 is 21.2. The molecule has 0 bridgehead atoms. The van der Waals surface area contributed by atoms with Crippen LogP contribution in [0.2, 0.25) is 0 Å². The van der Waals surface area contributed by atoms with Crippen molar-refractivity contribution in [3.63, 3.8) is 0 Å². The summed E-state index contributed by atoms with van der Waals surface area (Å²) in [6, 6.07) is 14.7. The lowest BCUT2D eigenvalue weighted by molar-refractivity contribution is 0.391. The first kappa shape index (κ1) is 19.3. The highest BCUT2D eigenvalue weighted by molar-refractivity contribution is 7.98. The molecule has 2 aromatic heterocycles. The zero-order chi connectivity index (χ0) is 20.4. The van der Waals surface area contributed by atoms with Crippen molar-refractivity contribution < 1.29 is 8.91 Å². The molecular formula is C21H20FN5OS. The average Bonchev–Trinajstić information content (AvgIpc) is 3.34. The Hall–Kier alpha value is -3.00. The van der Waals surface area contributed by atoms with Crippen molar-refractivity contribution in [1.29, 1.82) is 0 Å². The van der Waals surface area contributed by atoms with Crippen LogP contribution in [0.3, 0.4) is 0 Å². The molecule has 29 heavy (non-hydrogen) atoms. The normalized spacial score (nSPS) is 11.3. The smallest absolute Gasteiger partial charge is 0.237 e. The second-order valence-corrected chi connectivity index (χ2v) is 7.86. The Balaban J connectivity index is 1.46. The van der Waals surface area contributed by atoms with Gasteiger partial charge >= 0.3 is 0 Å². The summed E-state index contributed by atoms with van der Waals surface area (Å²) >= 11 is 1.41. The number of hydrogen-bond acceptors (Lipinski definition) is 6. The van der Waals surface area contributed by atoms with Crippen LogP contribution < -0.4 is 0 Å². The Labute approximate surface area is 172 Å². The van der Waals surface area contributed by atoms with Crippen molar-refractivity contribution in [3.05, 3.63) is 65.8 Å². The molecule has 0 aliphatic heterocycles. The highest BCUT2D eigenvalue weighted by atomic mass is 32.2. The second kappa shape index (κ2) is 8.16. The molecule has 0 radical (unpaired) electrons. The summed E-state index contributed by atoms with van der Waals surface area (Å²) in [4.78, 5) is 4.46. The van der Waals surface area contributed by atoms with Crippen molar-refractivity contribution in [2.24, 2.45) is 7.05 Å². The molecule has 0 unspecified atom stereocenters. The third-order valence-electron chi connectivity index (χ3n) is 4.58. The maximum atomic E-state index is 14.0. The third-order valence-corrected chi connectivity index (χ3v) is 5.58. The predicted octanol–water partition coefficient (Wildman–Crippen LogP) is 5.09. The van der Waals surface area contributed by atoms with Gasteiger partial charge < -0.3 is 9.09 Å². The van der Waals surface area contributed by atoms with Gasteiger partial charge in [-0.2, -0.15) is 4.98 Å². The Morgan fingerprint density at radius 3 is 2.55 bits per heavy atom.